The summed E-state index contributed by atoms with van der Waals surface area (Å²) in [5.41, 5.74) is 0.775. The van der Waals surface area contributed by atoms with Crippen molar-refractivity contribution in [3.05, 3.63) is 29.8 Å². The summed E-state index contributed by atoms with van der Waals surface area (Å²) in [6.45, 7) is 6.13. The lowest BCUT2D eigenvalue weighted by molar-refractivity contribution is 0.179. The van der Waals surface area contributed by atoms with Crippen LogP contribution in [0.4, 0.5) is 0 Å². The monoisotopic (exact) mass is 272 g/mol. The zero-order chi connectivity index (χ0) is 14.6. The third-order valence-electron chi connectivity index (χ3n) is 3.69. The molecule has 108 valence electrons. The van der Waals surface area contributed by atoms with Crippen molar-refractivity contribution in [2.24, 2.45) is 0 Å². The van der Waals surface area contributed by atoms with Crippen molar-refractivity contribution < 1.29 is 4.74 Å². The lowest BCUT2D eigenvalue weighted by atomic mass is 9.96. The molecule has 1 aliphatic carbocycles. The van der Waals surface area contributed by atoms with Gasteiger partial charge in [0.2, 0.25) is 0 Å². The second kappa shape index (κ2) is 6.28. The van der Waals surface area contributed by atoms with Crippen molar-refractivity contribution in [3.8, 4) is 11.8 Å². The van der Waals surface area contributed by atoms with Gasteiger partial charge in [-0.25, -0.2) is 0 Å². The quantitative estimate of drug-likeness (QED) is 0.827. The minimum Gasteiger partial charge on any atom is -0.491 e. The second-order valence-corrected chi connectivity index (χ2v) is 6.00. The zero-order valence-corrected chi connectivity index (χ0v) is 12.6. The first kappa shape index (κ1) is 14.9. The average Bonchev–Trinajstić information content (AvgIpc) is 3.22. The van der Waals surface area contributed by atoms with Crippen LogP contribution in [0, 0.1) is 11.3 Å². The molecule has 0 radical (unpaired) electrons. The van der Waals surface area contributed by atoms with E-state index in [1.807, 2.05) is 26.0 Å². The molecule has 1 aromatic rings. The van der Waals surface area contributed by atoms with Gasteiger partial charge >= 0.3 is 0 Å². The van der Waals surface area contributed by atoms with E-state index in [0.717, 1.165) is 12.2 Å². The Bertz CT molecular complexity index is 490. The van der Waals surface area contributed by atoms with Crippen LogP contribution in [0.1, 0.15) is 45.6 Å². The zero-order valence-electron chi connectivity index (χ0n) is 12.6. The summed E-state index contributed by atoms with van der Waals surface area (Å²) in [4.78, 5) is 0. The maximum absolute atomic E-state index is 9.39. The summed E-state index contributed by atoms with van der Waals surface area (Å²) in [5, 5.41) is 12.8. The van der Waals surface area contributed by atoms with Crippen molar-refractivity contribution in [2.75, 3.05) is 0 Å². The number of hydrogen-bond acceptors (Lipinski definition) is 3. The molecule has 1 saturated carbocycles. The number of hydrogen-bond donors (Lipinski definition) is 1. The van der Waals surface area contributed by atoms with Crippen LogP contribution in [0.5, 0.6) is 5.75 Å². The van der Waals surface area contributed by atoms with Crippen molar-refractivity contribution >= 4 is 0 Å². The molecule has 1 fully saturated rings. The highest BCUT2D eigenvalue weighted by Gasteiger charge is 2.34. The predicted octanol–water partition coefficient (Wildman–Crippen LogP) is 3.44. The molecule has 1 aromatic carbocycles. The van der Waals surface area contributed by atoms with Crippen LogP contribution < -0.4 is 10.1 Å². The van der Waals surface area contributed by atoms with Crippen molar-refractivity contribution in [3.63, 3.8) is 0 Å². The molecular formula is C17H24N2O. The van der Waals surface area contributed by atoms with E-state index in [1.54, 1.807) is 0 Å². The van der Waals surface area contributed by atoms with Crippen molar-refractivity contribution in [1.82, 2.24) is 5.32 Å². The van der Waals surface area contributed by atoms with Gasteiger partial charge in [-0.2, -0.15) is 5.26 Å². The van der Waals surface area contributed by atoms with Gasteiger partial charge in [-0.3, -0.25) is 5.32 Å². The highest BCUT2D eigenvalue weighted by molar-refractivity contribution is 5.28. The van der Waals surface area contributed by atoms with Gasteiger partial charge in [0.15, 0.2) is 0 Å². The minimum absolute atomic E-state index is 0.0120. The van der Waals surface area contributed by atoms with Gasteiger partial charge in [0.05, 0.1) is 12.2 Å². The summed E-state index contributed by atoms with van der Waals surface area (Å²) in [6, 6.07) is 11.1. The molecule has 0 bridgehead atoms. The maximum atomic E-state index is 9.39. The molecule has 0 heterocycles. The molecule has 2 atom stereocenters. The molecule has 3 heteroatoms. The molecule has 20 heavy (non-hydrogen) atoms. The summed E-state index contributed by atoms with van der Waals surface area (Å²) in [5.74, 6) is 0.892. The fourth-order valence-corrected chi connectivity index (χ4v) is 2.50. The number of benzene rings is 1. The Labute approximate surface area is 121 Å². The maximum Gasteiger partial charge on any atom is 0.119 e. The van der Waals surface area contributed by atoms with Gasteiger partial charge in [0.25, 0.3) is 0 Å². The van der Waals surface area contributed by atoms with E-state index in [0.29, 0.717) is 12.5 Å². The van der Waals surface area contributed by atoms with Crippen LogP contribution in [0.15, 0.2) is 24.3 Å². The van der Waals surface area contributed by atoms with E-state index >= 15 is 0 Å². The first-order valence-electron chi connectivity index (χ1n) is 7.49. The Balaban J connectivity index is 1.93. The molecule has 2 unspecified atom stereocenters. The van der Waals surface area contributed by atoms with Crippen LogP contribution in [-0.4, -0.2) is 17.7 Å². The highest BCUT2D eigenvalue weighted by Crippen LogP contribution is 2.25. The highest BCUT2D eigenvalue weighted by atomic mass is 16.5. The third-order valence-corrected chi connectivity index (χ3v) is 3.69. The number of rotatable bonds is 7. The van der Waals surface area contributed by atoms with Crippen LogP contribution in [-0.2, 0) is 6.42 Å². The normalized spacial score (nSPS) is 18.9. The van der Waals surface area contributed by atoms with Crippen LogP contribution in [0.2, 0.25) is 0 Å². The molecule has 1 aliphatic rings. The van der Waals surface area contributed by atoms with E-state index in [-0.39, 0.29) is 6.10 Å². The van der Waals surface area contributed by atoms with Gasteiger partial charge in [-0.15, -0.1) is 0 Å². The number of nitrogens with zero attached hydrogens (tertiary/aromatic N) is 1. The summed E-state index contributed by atoms with van der Waals surface area (Å²) in [7, 11) is 0. The standard InChI is InChI=1S/C17H24N2O/c1-4-14-6-5-7-16(10-14)20-13(2)11-17(3,12-18)19-15-8-9-15/h5-7,10,13,15,19H,4,8-9,11H2,1-3H3. The molecule has 0 amide bonds. The average molecular weight is 272 g/mol. The molecule has 1 N–H and O–H groups in total. The molecule has 0 aliphatic heterocycles. The summed E-state index contributed by atoms with van der Waals surface area (Å²) < 4.78 is 5.97. The predicted molar refractivity (Wildman–Crippen MR) is 80.7 cm³/mol. The fraction of sp³-hybridized carbons (Fsp3) is 0.588. The molecular weight excluding hydrogens is 248 g/mol. The van der Waals surface area contributed by atoms with Crippen molar-refractivity contribution in [1.29, 1.82) is 5.26 Å². The molecule has 0 aromatic heterocycles. The van der Waals surface area contributed by atoms with Crippen LogP contribution in [0.25, 0.3) is 0 Å². The lowest BCUT2D eigenvalue weighted by Gasteiger charge is -2.27. The molecule has 2 rings (SSSR count). The molecule has 0 saturated heterocycles. The number of aryl methyl sites for hydroxylation is 1. The largest absolute Gasteiger partial charge is 0.491 e. The first-order chi connectivity index (χ1) is 9.54. The number of nitrogens with one attached hydrogen (secondary N) is 1. The topological polar surface area (TPSA) is 45.0 Å². The SMILES string of the molecule is CCc1cccc(OC(C)CC(C)(C#N)NC2CC2)c1. The summed E-state index contributed by atoms with van der Waals surface area (Å²) in [6.07, 6.45) is 4.08. The summed E-state index contributed by atoms with van der Waals surface area (Å²) >= 11 is 0. The first-order valence-corrected chi connectivity index (χ1v) is 7.49. The number of nitriles is 1. The molecule has 0 spiro atoms. The van der Waals surface area contributed by atoms with Gasteiger partial charge in [0, 0.05) is 12.5 Å². The van der Waals surface area contributed by atoms with Gasteiger partial charge in [-0.05, 0) is 50.8 Å². The van der Waals surface area contributed by atoms with Crippen LogP contribution in [0.3, 0.4) is 0 Å². The van der Waals surface area contributed by atoms with Crippen molar-refractivity contribution in [2.45, 2.75) is 64.1 Å². The van der Waals surface area contributed by atoms with Gasteiger partial charge in [-0.1, -0.05) is 19.1 Å². The minimum atomic E-state index is -0.497. The van der Waals surface area contributed by atoms with Crippen LogP contribution >= 0.6 is 0 Å². The molecule has 3 nitrogen and oxygen atoms in total. The Morgan fingerprint density at radius 1 is 1.50 bits per heavy atom. The van der Waals surface area contributed by atoms with E-state index in [1.165, 1.54) is 18.4 Å². The Hall–Kier alpha value is -1.53. The Morgan fingerprint density at radius 3 is 2.85 bits per heavy atom. The van der Waals surface area contributed by atoms with Gasteiger partial charge < -0.3 is 4.74 Å². The second-order valence-electron chi connectivity index (χ2n) is 6.00. The van der Waals surface area contributed by atoms with E-state index in [4.69, 9.17) is 4.74 Å². The smallest absolute Gasteiger partial charge is 0.119 e. The van der Waals surface area contributed by atoms with E-state index in [9.17, 15) is 5.26 Å². The van der Waals surface area contributed by atoms with Gasteiger partial charge in [0.1, 0.15) is 11.3 Å². The Kier molecular flexibility index (Phi) is 4.67. The third kappa shape index (κ3) is 4.25. The lowest BCUT2D eigenvalue weighted by Crippen LogP contribution is -2.45. The fourth-order valence-electron chi connectivity index (χ4n) is 2.50. The van der Waals surface area contributed by atoms with E-state index in [2.05, 4.69) is 30.4 Å². The Morgan fingerprint density at radius 2 is 2.25 bits per heavy atom. The number of ether oxygens (including phenoxy) is 1. The van der Waals surface area contributed by atoms with E-state index < -0.39 is 5.54 Å².